The van der Waals surface area contributed by atoms with E-state index in [2.05, 4.69) is 17.6 Å². The van der Waals surface area contributed by atoms with Gasteiger partial charge >= 0.3 is 6.18 Å². The smallest absolute Gasteiger partial charge is 0.396 e. The third-order valence-corrected chi connectivity index (χ3v) is 5.86. The molecule has 1 saturated heterocycles. The molecular weight excluding hydrogens is 481 g/mol. The fraction of sp³-hybridized carbons (Fsp3) is 0.520. The van der Waals surface area contributed by atoms with Crippen molar-refractivity contribution in [1.29, 1.82) is 0 Å². The molecule has 0 bridgehead atoms. The van der Waals surface area contributed by atoms with E-state index >= 15 is 0 Å². The number of unbranched alkanes of at least 4 members (excludes halogenated alkanes) is 1. The quantitative estimate of drug-likeness (QED) is 0.506. The van der Waals surface area contributed by atoms with Crippen LogP contribution in [0.2, 0.25) is 0 Å². The highest BCUT2D eigenvalue weighted by molar-refractivity contribution is 7.07. The number of alkyl halides is 3. The van der Waals surface area contributed by atoms with Crippen LogP contribution in [0.5, 0.6) is 0 Å². The van der Waals surface area contributed by atoms with Gasteiger partial charge < -0.3 is 30.1 Å². The summed E-state index contributed by atoms with van der Waals surface area (Å²) in [6.45, 7) is 7.88. The minimum Gasteiger partial charge on any atom is -0.396 e. The van der Waals surface area contributed by atoms with Crippen LogP contribution in [-0.4, -0.2) is 51.5 Å². The molecule has 1 aromatic heterocycles. The van der Waals surface area contributed by atoms with Gasteiger partial charge in [-0.2, -0.15) is 24.5 Å². The Morgan fingerprint density at radius 2 is 1.83 bits per heavy atom. The predicted octanol–water partition coefficient (Wildman–Crippen LogP) is 5.34. The van der Waals surface area contributed by atoms with E-state index in [1.165, 1.54) is 12.1 Å². The van der Waals surface area contributed by atoms with Crippen molar-refractivity contribution in [3.63, 3.8) is 0 Å². The molecule has 2 aliphatic rings. The number of ether oxygens (including phenoxy) is 1. The lowest BCUT2D eigenvalue weighted by Crippen LogP contribution is -2.40. The topological polar surface area (TPSA) is 87.7 Å². The lowest BCUT2D eigenvalue weighted by Gasteiger charge is -2.41. The van der Waals surface area contributed by atoms with Gasteiger partial charge in [0.1, 0.15) is 13.6 Å². The second kappa shape index (κ2) is 19.0. The number of aliphatic hydroxyl groups is 1. The molecule has 3 heterocycles. The first-order valence-electron chi connectivity index (χ1n) is 11.3. The van der Waals surface area contributed by atoms with E-state index in [1.807, 2.05) is 43.5 Å². The second-order valence-corrected chi connectivity index (χ2v) is 8.44. The lowest BCUT2D eigenvalue weighted by atomic mass is 9.83. The van der Waals surface area contributed by atoms with Gasteiger partial charge in [0.2, 0.25) is 0 Å². The van der Waals surface area contributed by atoms with Crippen LogP contribution < -0.4 is 10.6 Å². The molecule has 0 saturated carbocycles. The summed E-state index contributed by atoms with van der Waals surface area (Å²) >= 11 is 1.71. The van der Waals surface area contributed by atoms with Crippen molar-refractivity contribution in [2.45, 2.75) is 51.0 Å². The number of carbonyl (C=O) groups excluding carboxylic acids is 2. The number of anilines is 1. The summed E-state index contributed by atoms with van der Waals surface area (Å²) in [5, 5.41) is 18.4. The van der Waals surface area contributed by atoms with Gasteiger partial charge in [-0.1, -0.05) is 25.5 Å². The molecule has 2 aromatic rings. The Labute approximate surface area is 209 Å². The zero-order chi connectivity index (χ0) is 26.7. The van der Waals surface area contributed by atoms with E-state index in [9.17, 15) is 13.2 Å². The number of halogens is 3. The minimum atomic E-state index is -4.32. The molecule has 2 aliphatic heterocycles. The Balaban J connectivity index is 0.000000681. The molecule has 35 heavy (non-hydrogen) atoms. The normalized spacial score (nSPS) is 19.7. The third kappa shape index (κ3) is 11.8. The Morgan fingerprint density at radius 3 is 2.29 bits per heavy atom. The standard InChI is InChI=1S/C15H19F3N2O.C4H10O.C4H4S.2CH2O/c1-19-8-11-4-2-9-7-20-13-5-3-10(15(16,17)18)6-12(13)14(9)21-11;1-2-3-4-5;1-2-4-5-3-1;2*1-2/h3,5-6,9,11,14,19-20H,2,4,7-8H2,1H3;5H,2-4H2,1H3;1-4H;2*1H2. The van der Waals surface area contributed by atoms with Crippen LogP contribution in [0.15, 0.2) is 41.1 Å². The fourth-order valence-electron chi connectivity index (χ4n) is 3.61. The third-order valence-electron chi connectivity index (χ3n) is 5.24. The number of fused-ring (bicyclic) bond motifs is 3. The summed E-state index contributed by atoms with van der Waals surface area (Å²) in [6.07, 6.45) is -0.540. The first kappa shape index (κ1) is 32.7. The number of likely N-dealkylation sites (N-methyl/N-ethyl adjacent to an activating group) is 1. The maximum atomic E-state index is 12.9. The Kier molecular flexibility index (Phi) is 17.8. The lowest BCUT2D eigenvalue weighted by molar-refractivity contribution is -0.138. The fourth-order valence-corrected chi connectivity index (χ4v) is 4.07. The zero-order valence-corrected chi connectivity index (χ0v) is 21.2. The van der Waals surface area contributed by atoms with E-state index in [4.69, 9.17) is 19.4 Å². The number of carbonyl (C=O) groups is 2. The van der Waals surface area contributed by atoms with Crippen LogP contribution in [0.3, 0.4) is 0 Å². The highest BCUT2D eigenvalue weighted by atomic mass is 32.1. The summed E-state index contributed by atoms with van der Waals surface area (Å²) in [4.78, 5) is 16.0. The number of aliphatic hydroxyl groups excluding tert-OH is 1. The van der Waals surface area contributed by atoms with Crippen LogP contribution in [0.25, 0.3) is 0 Å². The average molecular weight is 519 g/mol. The predicted molar refractivity (Wildman–Crippen MR) is 135 cm³/mol. The molecule has 1 fully saturated rings. The van der Waals surface area contributed by atoms with Gasteiger partial charge in [0, 0.05) is 36.9 Å². The van der Waals surface area contributed by atoms with Crippen molar-refractivity contribution in [2.24, 2.45) is 5.92 Å². The number of benzene rings is 1. The van der Waals surface area contributed by atoms with Crippen molar-refractivity contribution in [2.75, 3.05) is 32.1 Å². The van der Waals surface area contributed by atoms with Crippen LogP contribution in [0.4, 0.5) is 18.9 Å². The van der Waals surface area contributed by atoms with E-state index in [0.29, 0.717) is 12.2 Å². The Bertz CT molecular complexity index is 757. The summed E-state index contributed by atoms with van der Waals surface area (Å²) in [7, 11) is 1.85. The van der Waals surface area contributed by atoms with Crippen LogP contribution >= 0.6 is 11.3 Å². The number of rotatable bonds is 4. The van der Waals surface area contributed by atoms with Crippen LogP contribution in [0, 0.1) is 5.92 Å². The van der Waals surface area contributed by atoms with Crippen molar-refractivity contribution in [1.82, 2.24) is 5.32 Å². The van der Waals surface area contributed by atoms with Gasteiger partial charge in [-0.15, -0.1) is 0 Å². The van der Waals surface area contributed by atoms with Crippen molar-refractivity contribution in [3.05, 3.63) is 52.2 Å². The second-order valence-electron chi connectivity index (χ2n) is 7.62. The Morgan fingerprint density at radius 1 is 1.17 bits per heavy atom. The molecule has 0 aliphatic carbocycles. The van der Waals surface area contributed by atoms with Gasteiger partial charge in [-0.3, -0.25) is 0 Å². The average Bonchev–Trinajstić information content (AvgIpc) is 3.47. The number of nitrogens with one attached hydrogen (secondary N) is 2. The zero-order valence-electron chi connectivity index (χ0n) is 20.4. The Hall–Kier alpha value is -2.27. The van der Waals surface area contributed by atoms with E-state index in [0.717, 1.165) is 50.5 Å². The van der Waals surface area contributed by atoms with Crippen LogP contribution in [0.1, 0.15) is 49.8 Å². The van der Waals surface area contributed by atoms with Crippen LogP contribution in [-0.2, 0) is 20.5 Å². The molecule has 0 spiro atoms. The first-order chi connectivity index (χ1) is 16.9. The molecule has 3 atom stereocenters. The van der Waals surface area contributed by atoms with Crippen molar-refractivity contribution in [3.8, 4) is 0 Å². The van der Waals surface area contributed by atoms with Crippen molar-refractivity contribution < 1.29 is 32.6 Å². The van der Waals surface area contributed by atoms with Gasteiger partial charge in [0.15, 0.2) is 0 Å². The van der Waals surface area contributed by atoms with E-state index in [-0.39, 0.29) is 18.1 Å². The molecule has 10 heteroatoms. The monoisotopic (exact) mass is 518 g/mol. The first-order valence-corrected chi connectivity index (χ1v) is 12.3. The van der Waals surface area contributed by atoms with Gasteiger partial charge in [0.25, 0.3) is 0 Å². The maximum Gasteiger partial charge on any atom is 0.416 e. The highest BCUT2D eigenvalue weighted by Crippen LogP contribution is 2.44. The molecule has 0 amide bonds. The number of thiophene rings is 1. The largest absolute Gasteiger partial charge is 0.416 e. The minimum absolute atomic E-state index is 0.0664. The summed E-state index contributed by atoms with van der Waals surface area (Å²) in [6, 6.07) is 7.91. The van der Waals surface area contributed by atoms with Gasteiger partial charge in [-0.05, 0) is 55.3 Å². The van der Waals surface area contributed by atoms with E-state index in [1.54, 1.807) is 11.3 Å². The molecule has 3 N–H and O–H groups in total. The summed E-state index contributed by atoms with van der Waals surface area (Å²) in [5.41, 5.74) is 0.791. The molecule has 0 radical (unpaired) electrons. The van der Waals surface area contributed by atoms with Gasteiger partial charge in [0.05, 0.1) is 17.8 Å². The maximum absolute atomic E-state index is 12.9. The molecular formula is C25H37F3N2O4S. The molecule has 3 unspecified atom stereocenters. The molecule has 6 nitrogen and oxygen atoms in total. The number of hydrogen-bond acceptors (Lipinski definition) is 7. The highest BCUT2D eigenvalue weighted by Gasteiger charge is 2.38. The molecule has 198 valence electrons. The summed E-state index contributed by atoms with van der Waals surface area (Å²) < 4.78 is 44.8. The van der Waals surface area contributed by atoms with Gasteiger partial charge in [-0.25, -0.2) is 0 Å². The molecule has 4 rings (SSSR count). The SMILES string of the molecule is C=O.C=O.CCCCO.CNCC1CCC2CNc3ccc(C(F)(F)F)cc3C2O1.c1ccsc1. The molecule has 1 aromatic carbocycles. The summed E-state index contributed by atoms with van der Waals surface area (Å²) in [5.74, 6) is 0.245. The van der Waals surface area contributed by atoms with Crippen molar-refractivity contribution >= 4 is 30.6 Å². The number of hydrogen-bond donors (Lipinski definition) is 3. The van der Waals surface area contributed by atoms with E-state index < -0.39 is 11.7 Å².